The van der Waals surface area contributed by atoms with Gasteiger partial charge < -0.3 is 24.6 Å². The first-order valence-electron chi connectivity index (χ1n) is 12.8. The number of rotatable bonds is 25. The molecule has 0 bridgehead atoms. The highest BCUT2D eigenvalue weighted by atomic mass is 16.5. The number of nitrogens with one attached hydrogen (secondary N) is 1. The Hall–Kier alpha value is -0.200. The van der Waals surface area contributed by atoms with Gasteiger partial charge in [0.1, 0.15) is 0 Å². The van der Waals surface area contributed by atoms with Gasteiger partial charge in [-0.2, -0.15) is 0 Å². The fraction of sp³-hybridized carbons (Fsp3) is 1.00. The SMILES string of the molecule is CCCCCCCCCCCCCCCCOCC(O)CNC(C)COCCOC. The molecule has 0 aliphatic rings. The van der Waals surface area contributed by atoms with Crippen LogP contribution in [0.15, 0.2) is 0 Å². The van der Waals surface area contributed by atoms with Crippen LogP contribution < -0.4 is 5.32 Å². The van der Waals surface area contributed by atoms with Gasteiger partial charge in [-0.15, -0.1) is 0 Å². The summed E-state index contributed by atoms with van der Waals surface area (Å²) in [5, 5.41) is 13.2. The Morgan fingerprint density at radius 1 is 0.667 bits per heavy atom. The molecule has 0 aromatic carbocycles. The Morgan fingerprint density at radius 2 is 1.17 bits per heavy atom. The number of aliphatic hydroxyl groups is 1. The fourth-order valence-electron chi connectivity index (χ4n) is 3.48. The molecule has 0 rings (SSSR count). The maximum absolute atomic E-state index is 9.97. The molecule has 0 aliphatic carbocycles. The highest BCUT2D eigenvalue weighted by molar-refractivity contribution is 4.64. The molecule has 0 aromatic heterocycles. The Bertz CT molecular complexity index is 318. The lowest BCUT2D eigenvalue weighted by atomic mass is 10.0. The number of hydrogen-bond acceptors (Lipinski definition) is 5. The molecular weight excluding hydrogens is 378 g/mol. The lowest BCUT2D eigenvalue weighted by Gasteiger charge is -2.17. The number of ether oxygens (including phenoxy) is 3. The third kappa shape index (κ3) is 24.1. The van der Waals surface area contributed by atoms with Crippen LogP contribution in [-0.2, 0) is 14.2 Å². The highest BCUT2D eigenvalue weighted by Gasteiger charge is 2.07. The Balaban J connectivity index is 3.21. The summed E-state index contributed by atoms with van der Waals surface area (Å²) >= 11 is 0. The van der Waals surface area contributed by atoms with Crippen LogP contribution in [0.2, 0.25) is 0 Å². The number of aliphatic hydroxyl groups excluding tert-OH is 1. The van der Waals surface area contributed by atoms with Crippen molar-refractivity contribution < 1.29 is 19.3 Å². The summed E-state index contributed by atoms with van der Waals surface area (Å²) in [4.78, 5) is 0. The van der Waals surface area contributed by atoms with E-state index in [4.69, 9.17) is 14.2 Å². The molecule has 0 aliphatic heterocycles. The normalized spacial score (nSPS) is 13.6. The molecule has 30 heavy (non-hydrogen) atoms. The minimum absolute atomic E-state index is 0.210. The first-order chi connectivity index (χ1) is 14.7. The van der Waals surface area contributed by atoms with E-state index in [0.29, 0.717) is 33.0 Å². The first kappa shape index (κ1) is 29.8. The average Bonchev–Trinajstić information content (AvgIpc) is 2.75. The van der Waals surface area contributed by atoms with Gasteiger partial charge in [-0.25, -0.2) is 0 Å². The van der Waals surface area contributed by atoms with Crippen LogP contribution in [0.25, 0.3) is 0 Å². The molecule has 0 aromatic rings. The summed E-state index contributed by atoms with van der Waals surface area (Å²) in [6.07, 6.45) is 18.7. The Labute approximate surface area is 187 Å². The molecule has 2 unspecified atom stereocenters. The molecule has 5 heteroatoms. The van der Waals surface area contributed by atoms with Crippen molar-refractivity contribution in [3.05, 3.63) is 0 Å². The Kier molecular flexibility index (Phi) is 24.9. The average molecular weight is 432 g/mol. The van der Waals surface area contributed by atoms with E-state index in [0.717, 1.165) is 13.0 Å². The van der Waals surface area contributed by atoms with Crippen LogP contribution in [0.3, 0.4) is 0 Å². The summed E-state index contributed by atoms with van der Waals surface area (Å²) < 4.78 is 16.0. The molecule has 2 atom stereocenters. The summed E-state index contributed by atoms with van der Waals surface area (Å²) in [5.41, 5.74) is 0. The second kappa shape index (κ2) is 25.1. The van der Waals surface area contributed by atoms with Gasteiger partial charge in [-0.05, 0) is 13.3 Å². The van der Waals surface area contributed by atoms with Crippen LogP contribution in [0.5, 0.6) is 0 Å². The van der Waals surface area contributed by atoms with Crippen molar-refractivity contribution >= 4 is 0 Å². The molecule has 0 amide bonds. The summed E-state index contributed by atoms with van der Waals surface area (Å²) in [7, 11) is 1.67. The van der Waals surface area contributed by atoms with Crippen LogP contribution in [0.1, 0.15) is 104 Å². The number of hydrogen-bond donors (Lipinski definition) is 2. The van der Waals surface area contributed by atoms with E-state index < -0.39 is 6.10 Å². The van der Waals surface area contributed by atoms with Crippen molar-refractivity contribution in [2.24, 2.45) is 0 Å². The van der Waals surface area contributed by atoms with Crippen molar-refractivity contribution in [1.29, 1.82) is 0 Å². The summed E-state index contributed by atoms with van der Waals surface area (Å²) in [6.45, 7) is 7.86. The van der Waals surface area contributed by atoms with Gasteiger partial charge in [-0.1, -0.05) is 90.4 Å². The van der Waals surface area contributed by atoms with Crippen molar-refractivity contribution in [2.75, 3.05) is 46.7 Å². The quantitative estimate of drug-likeness (QED) is 0.187. The molecule has 5 nitrogen and oxygen atoms in total. The number of methoxy groups -OCH3 is 1. The predicted octanol–water partition coefficient (Wildman–Crippen LogP) is 5.49. The van der Waals surface area contributed by atoms with Crippen LogP contribution in [0.4, 0.5) is 0 Å². The largest absolute Gasteiger partial charge is 0.389 e. The van der Waals surface area contributed by atoms with Crippen molar-refractivity contribution in [3.63, 3.8) is 0 Å². The van der Waals surface area contributed by atoms with Gasteiger partial charge in [0.2, 0.25) is 0 Å². The molecule has 0 fully saturated rings. The third-order valence-corrected chi connectivity index (χ3v) is 5.45. The molecule has 0 saturated carbocycles. The molecule has 0 saturated heterocycles. The van der Waals surface area contributed by atoms with E-state index >= 15 is 0 Å². The van der Waals surface area contributed by atoms with Gasteiger partial charge in [0.05, 0.1) is 32.5 Å². The van der Waals surface area contributed by atoms with Gasteiger partial charge in [0, 0.05) is 26.3 Å². The molecule has 0 radical (unpaired) electrons. The van der Waals surface area contributed by atoms with Crippen molar-refractivity contribution in [3.8, 4) is 0 Å². The van der Waals surface area contributed by atoms with E-state index in [1.165, 1.54) is 83.5 Å². The summed E-state index contributed by atoms with van der Waals surface area (Å²) in [6, 6.07) is 0.210. The van der Waals surface area contributed by atoms with E-state index in [1.807, 2.05) is 0 Å². The zero-order chi connectivity index (χ0) is 22.1. The maximum atomic E-state index is 9.97. The topological polar surface area (TPSA) is 60.0 Å². The summed E-state index contributed by atoms with van der Waals surface area (Å²) in [5.74, 6) is 0. The van der Waals surface area contributed by atoms with E-state index in [1.54, 1.807) is 7.11 Å². The second-order valence-corrected chi connectivity index (χ2v) is 8.70. The van der Waals surface area contributed by atoms with Gasteiger partial charge in [0.25, 0.3) is 0 Å². The lowest BCUT2D eigenvalue weighted by Crippen LogP contribution is -2.38. The molecule has 0 heterocycles. The van der Waals surface area contributed by atoms with E-state index in [9.17, 15) is 5.11 Å². The van der Waals surface area contributed by atoms with E-state index in [-0.39, 0.29) is 6.04 Å². The lowest BCUT2D eigenvalue weighted by molar-refractivity contribution is 0.0289. The van der Waals surface area contributed by atoms with Crippen LogP contribution in [0, 0.1) is 0 Å². The Morgan fingerprint density at radius 3 is 1.70 bits per heavy atom. The zero-order valence-corrected chi connectivity index (χ0v) is 20.5. The van der Waals surface area contributed by atoms with Crippen LogP contribution in [-0.4, -0.2) is 63.9 Å². The van der Waals surface area contributed by atoms with Crippen molar-refractivity contribution in [2.45, 2.75) is 116 Å². The smallest absolute Gasteiger partial charge is 0.0897 e. The highest BCUT2D eigenvalue weighted by Crippen LogP contribution is 2.12. The third-order valence-electron chi connectivity index (χ3n) is 5.45. The van der Waals surface area contributed by atoms with Gasteiger partial charge in [0.15, 0.2) is 0 Å². The van der Waals surface area contributed by atoms with Gasteiger partial charge >= 0.3 is 0 Å². The minimum atomic E-state index is -0.460. The number of unbranched alkanes of at least 4 members (excludes halogenated alkanes) is 13. The molecule has 182 valence electrons. The minimum Gasteiger partial charge on any atom is -0.389 e. The molecule has 0 spiro atoms. The maximum Gasteiger partial charge on any atom is 0.0897 e. The fourth-order valence-corrected chi connectivity index (χ4v) is 3.48. The van der Waals surface area contributed by atoms with E-state index in [2.05, 4.69) is 19.2 Å². The zero-order valence-electron chi connectivity index (χ0n) is 20.5. The molecular formula is C25H53NO4. The molecule has 2 N–H and O–H groups in total. The van der Waals surface area contributed by atoms with Crippen LogP contribution >= 0.6 is 0 Å². The standard InChI is InChI=1S/C25H53NO4/c1-4-5-6-7-8-9-10-11-12-13-14-15-16-17-18-29-23-25(27)21-26-24(2)22-30-20-19-28-3/h24-27H,4-23H2,1-3H3. The monoisotopic (exact) mass is 431 g/mol. The predicted molar refractivity (Wildman–Crippen MR) is 127 cm³/mol. The van der Waals surface area contributed by atoms with Crippen molar-refractivity contribution in [1.82, 2.24) is 5.32 Å². The second-order valence-electron chi connectivity index (χ2n) is 8.70. The van der Waals surface area contributed by atoms with Gasteiger partial charge in [-0.3, -0.25) is 0 Å². The first-order valence-corrected chi connectivity index (χ1v) is 12.8.